The second kappa shape index (κ2) is 9.04. The van der Waals surface area contributed by atoms with Crippen molar-refractivity contribution in [1.82, 2.24) is 14.7 Å². The third-order valence-electron chi connectivity index (χ3n) is 4.53. The second-order valence-electron chi connectivity index (χ2n) is 6.13. The molecule has 0 saturated carbocycles. The van der Waals surface area contributed by atoms with E-state index >= 15 is 0 Å². The summed E-state index contributed by atoms with van der Waals surface area (Å²) in [5, 5.41) is 0.698. The van der Waals surface area contributed by atoms with Gasteiger partial charge >= 0.3 is 0 Å². The van der Waals surface area contributed by atoms with Gasteiger partial charge in [-0.2, -0.15) is 0 Å². The Morgan fingerprint density at radius 1 is 1.12 bits per heavy atom. The van der Waals surface area contributed by atoms with E-state index in [4.69, 9.17) is 11.6 Å². The molecule has 0 spiro atoms. The predicted octanol–water partition coefficient (Wildman–Crippen LogP) is 1.90. The lowest BCUT2D eigenvalue weighted by molar-refractivity contribution is -0.140. The van der Waals surface area contributed by atoms with E-state index in [1.165, 1.54) is 6.92 Å². The Balaban J connectivity index is 1.85. The largest absolute Gasteiger partial charge is 0.339 e. The van der Waals surface area contributed by atoms with Crippen molar-refractivity contribution in [2.45, 2.75) is 20.3 Å². The van der Waals surface area contributed by atoms with E-state index in [-0.39, 0.29) is 18.4 Å². The number of carbonyl (C=O) groups is 2. The molecule has 2 rings (SSSR count). The Morgan fingerprint density at radius 3 is 2.29 bits per heavy atom. The van der Waals surface area contributed by atoms with Gasteiger partial charge in [0, 0.05) is 44.7 Å². The number of piperazine rings is 1. The van der Waals surface area contributed by atoms with Crippen molar-refractivity contribution in [3.8, 4) is 0 Å². The maximum Gasteiger partial charge on any atom is 0.242 e. The van der Waals surface area contributed by atoms with Crippen LogP contribution in [0.15, 0.2) is 24.3 Å². The van der Waals surface area contributed by atoms with Crippen LogP contribution in [0.2, 0.25) is 5.02 Å². The van der Waals surface area contributed by atoms with Gasteiger partial charge in [0.25, 0.3) is 0 Å². The quantitative estimate of drug-likeness (QED) is 0.786. The highest BCUT2D eigenvalue weighted by atomic mass is 35.5. The normalized spacial score (nSPS) is 15.4. The van der Waals surface area contributed by atoms with Crippen LogP contribution >= 0.6 is 11.6 Å². The molecule has 1 aromatic carbocycles. The molecular weight excluding hydrogens is 326 g/mol. The third-order valence-corrected chi connectivity index (χ3v) is 4.78. The molecule has 1 heterocycles. The molecule has 2 amide bonds. The first-order valence-electron chi connectivity index (χ1n) is 8.49. The number of nitrogens with zero attached hydrogens (tertiary/aromatic N) is 3. The summed E-state index contributed by atoms with van der Waals surface area (Å²) in [5.41, 5.74) is 1.11. The van der Waals surface area contributed by atoms with E-state index in [1.54, 1.807) is 4.90 Å². The van der Waals surface area contributed by atoms with Crippen molar-refractivity contribution in [3.05, 3.63) is 34.9 Å². The fourth-order valence-corrected chi connectivity index (χ4v) is 2.97. The third kappa shape index (κ3) is 5.49. The minimum Gasteiger partial charge on any atom is -0.339 e. The Bertz CT molecular complexity index is 554. The number of likely N-dealkylation sites (N-methyl/N-ethyl adjacent to an activating group) is 1. The number of amides is 2. The van der Waals surface area contributed by atoms with Gasteiger partial charge in [-0.1, -0.05) is 30.7 Å². The van der Waals surface area contributed by atoms with Crippen LogP contribution in [0.25, 0.3) is 0 Å². The van der Waals surface area contributed by atoms with Gasteiger partial charge in [0.2, 0.25) is 11.8 Å². The van der Waals surface area contributed by atoms with Crippen molar-refractivity contribution in [3.63, 3.8) is 0 Å². The number of rotatable bonds is 6. The molecule has 1 aromatic rings. The lowest BCUT2D eigenvalue weighted by Crippen LogP contribution is -2.51. The molecule has 0 N–H and O–H groups in total. The average molecular weight is 352 g/mol. The summed E-state index contributed by atoms with van der Waals surface area (Å²) in [6.07, 6.45) is 0.716. The number of halogens is 1. The first kappa shape index (κ1) is 18.7. The number of carbonyl (C=O) groups excluding carboxylic acids is 2. The molecule has 0 aromatic heterocycles. The topological polar surface area (TPSA) is 43.9 Å². The second-order valence-corrected chi connectivity index (χ2v) is 6.57. The monoisotopic (exact) mass is 351 g/mol. The van der Waals surface area contributed by atoms with Gasteiger partial charge in [-0.05, 0) is 30.7 Å². The molecule has 0 bridgehead atoms. The maximum absolute atomic E-state index is 12.5. The molecule has 1 aliphatic heterocycles. The maximum atomic E-state index is 12.5. The van der Waals surface area contributed by atoms with Gasteiger partial charge in [0.1, 0.15) is 0 Å². The first-order chi connectivity index (χ1) is 11.5. The fraction of sp³-hybridized carbons (Fsp3) is 0.556. The minimum atomic E-state index is -0.0653. The van der Waals surface area contributed by atoms with Crippen LogP contribution in [-0.2, 0) is 16.0 Å². The molecule has 132 valence electrons. The van der Waals surface area contributed by atoms with Crippen LogP contribution in [0.5, 0.6) is 0 Å². The highest BCUT2D eigenvalue weighted by molar-refractivity contribution is 6.30. The number of hydrogen-bond acceptors (Lipinski definition) is 3. The molecule has 1 saturated heterocycles. The van der Waals surface area contributed by atoms with Crippen molar-refractivity contribution >= 4 is 23.4 Å². The fourth-order valence-electron chi connectivity index (χ4n) is 2.84. The summed E-state index contributed by atoms with van der Waals surface area (Å²) < 4.78 is 0. The smallest absolute Gasteiger partial charge is 0.242 e. The van der Waals surface area contributed by atoms with E-state index in [0.717, 1.165) is 38.3 Å². The number of benzene rings is 1. The zero-order valence-corrected chi connectivity index (χ0v) is 15.3. The van der Waals surface area contributed by atoms with Gasteiger partial charge in [0.05, 0.1) is 6.54 Å². The molecule has 1 fully saturated rings. The molecule has 6 heteroatoms. The highest BCUT2D eigenvalue weighted by Gasteiger charge is 2.22. The summed E-state index contributed by atoms with van der Waals surface area (Å²) in [4.78, 5) is 30.1. The van der Waals surface area contributed by atoms with Crippen LogP contribution in [0, 0.1) is 0 Å². The highest BCUT2D eigenvalue weighted by Crippen LogP contribution is 2.11. The predicted molar refractivity (Wildman–Crippen MR) is 96.1 cm³/mol. The van der Waals surface area contributed by atoms with Crippen LogP contribution in [0.3, 0.4) is 0 Å². The average Bonchev–Trinajstić information content (AvgIpc) is 2.59. The van der Waals surface area contributed by atoms with Crippen LogP contribution < -0.4 is 0 Å². The minimum absolute atomic E-state index is 0.0389. The molecule has 5 nitrogen and oxygen atoms in total. The van der Waals surface area contributed by atoms with Crippen LogP contribution in [-0.4, -0.2) is 72.3 Å². The van der Waals surface area contributed by atoms with Crippen molar-refractivity contribution in [2.75, 3.05) is 45.8 Å². The lowest BCUT2D eigenvalue weighted by Gasteiger charge is -2.35. The standard InChI is InChI=1S/C18H26ClN3O2/c1-3-20-10-12-21(13-11-20)18(24)14-22(15(2)23)9-8-16-4-6-17(19)7-5-16/h4-7H,3,8-14H2,1-2H3. The van der Waals surface area contributed by atoms with Gasteiger partial charge in [-0.25, -0.2) is 0 Å². The van der Waals surface area contributed by atoms with E-state index in [0.29, 0.717) is 18.0 Å². The molecule has 1 aliphatic rings. The molecular formula is C18H26ClN3O2. The van der Waals surface area contributed by atoms with Crippen molar-refractivity contribution in [2.24, 2.45) is 0 Å². The van der Waals surface area contributed by atoms with Crippen LogP contribution in [0.4, 0.5) is 0 Å². The SMILES string of the molecule is CCN1CCN(C(=O)CN(CCc2ccc(Cl)cc2)C(C)=O)CC1. The summed E-state index contributed by atoms with van der Waals surface area (Å²) in [5.74, 6) is -0.0263. The Labute approximate surface area is 149 Å². The summed E-state index contributed by atoms with van der Waals surface area (Å²) >= 11 is 5.88. The van der Waals surface area contributed by atoms with Gasteiger partial charge in [-0.3, -0.25) is 9.59 Å². The van der Waals surface area contributed by atoms with Gasteiger partial charge < -0.3 is 14.7 Å². The van der Waals surface area contributed by atoms with E-state index in [1.807, 2.05) is 29.2 Å². The zero-order chi connectivity index (χ0) is 17.5. The molecule has 0 unspecified atom stereocenters. The van der Waals surface area contributed by atoms with Crippen molar-refractivity contribution in [1.29, 1.82) is 0 Å². The van der Waals surface area contributed by atoms with Crippen molar-refractivity contribution < 1.29 is 9.59 Å². The Hall–Kier alpha value is -1.59. The summed E-state index contributed by atoms with van der Waals surface area (Å²) in [6, 6.07) is 7.58. The number of hydrogen-bond donors (Lipinski definition) is 0. The first-order valence-corrected chi connectivity index (χ1v) is 8.87. The Morgan fingerprint density at radius 2 is 1.75 bits per heavy atom. The molecule has 24 heavy (non-hydrogen) atoms. The van der Waals surface area contributed by atoms with E-state index < -0.39 is 0 Å². The van der Waals surface area contributed by atoms with Gasteiger partial charge in [-0.15, -0.1) is 0 Å². The molecule has 0 radical (unpaired) electrons. The van der Waals surface area contributed by atoms with Crippen LogP contribution in [0.1, 0.15) is 19.4 Å². The van der Waals surface area contributed by atoms with E-state index in [2.05, 4.69) is 11.8 Å². The lowest BCUT2D eigenvalue weighted by atomic mass is 10.1. The summed E-state index contributed by atoms with van der Waals surface area (Å²) in [6.45, 7) is 8.68. The van der Waals surface area contributed by atoms with Gasteiger partial charge in [0.15, 0.2) is 0 Å². The zero-order valence-electron chi connectivity index (χ0n) is 14.5. The van der Waals surface area contributed by atoms with E-state index in [9.17, 15) is 9.59 Å². The molecule has 0 aliphatic carbocycles. The molecule has 0 atom stereocenters. The Kier molecular flexibility index (Phi) is 7.06. The summed E-state index contributed by atoms with van der Waals surface area (Å²) in [7, 11) is 0.